The average Bonchev–Trinajstić information content (AvgIpc) is 3.06. The molecule has 0 spiro atoms. The van der Waals surface area contributed by atoms with Crippen LogP contribution in [0, 0.1) is 0 Å². The second-order valence-electron chi connectivity index (χ2n) is 9.01. The zero-order valence-electron chi connectivity index (χ0n) is 19.1. The number of likely N-dealkylation sites (tertiary alicyclic amines) is 1. The van der Waals surface area contributed by atoms with E-state index in [4.69, 9.17) is 0 Å². The van der Waals surface area contributed by atoms with Gasteiger partial charge >= 0.3 is 0 Å². The third-order valence-corrected chi connectivity index (χ3v) is 6.46. The molecule has 0 radical (unpaired) electrons. The first-order chi connectivity index (χ1) is 14.3. The fraction of sp³-hybridized carbons (Fsp3) is 0.840. The molecule has 4 nitrogen and oxygen atoms in total. The molecule has 1 saturated heterocycles. The van der Waals surface area contributed by atoms with E-state index in [1.54, 1.807) is 0 Å². The van der Waals surface area contributed by atoms with Crippen LogP contribution in [-0.4, -0.2) is 47.8 Å². The molecule has 0 aromatic heterocycles. The molecule has 2 aliphatic heterocycles. The van der Waals surface area contributed by atoms with Crippen molar-refractivity contribution in [2.45, 2.75) is 109 Å². The van der Waals surface area contributed by atoms with Gasteiger partial charge in [-0.1, -0.05) is 83.5 Å². The van der Waals surface area contributed by atoms with Gasteiger partial charge in [0.15, 0.2) is 0 Å². The van der Waals surface area contributed by atoms with E-state index < -0.39 is 0 Å². The first-order valence-corrected chi connectivity index (χ1v) is 12.5. The lowest BCUT2D eigenvalue weighted by molar-refractivity contribution is -0.136. The van der Waals surface area contributed by atoms with E-state index in [1.807, 2.05) is 0 Å². The number of piperidine rings is 1. The van der Waals surface area contributed by atoms with Gasteiger partial charge in [-0.25, -0.2) is 0 Å². The van der Waals surface area contributed by atoms with Crippen LogP contribution in [0.3, 0.4) is 0 Å². The molecular weight excluding hydrogens is 396 g/mol. The summed E-state index contributed by atoms with van der Waals surface area (Å²) < 4.78 is 0. The maximum absolute atomic E-state index is 11.4. The zero-order chi connectivity index (χ0) is 20.6. The summed E-state index contributed by atoms with van der Waals surface area (Å²) >= 11 is 0. The van der Waals surface area contributed by atoms with Crippen LogP contribution in [0.25, 0.3) is 0 Å². The predicted molar refractivity (Wildman–Crippen MR) is 128 cm³/mol. The lowest BCUT2D eigenvalue weighted by Crippen LogP contribution is -2.30. The molecule has 2 aliphatic rings. The molecule has 2 amide bonds. The van der Waals surface area contributed by atoms with E-state index in [1.165, 1.54) is 133 Å². The van der Waals surface area contributed by atoms with Crippen molar-refractivity contribution in [2.24, 2.45) is 0 Å². The van der Waals surface area contributed by atoms with Crippen molar-refractivity contribution in [1.82, 2.24) is 9.80 Å². The summed E-state index contributed by atoms with van der Waals surface area (Å²) in [6, 6.07) is 0. The van der Waals surface area contributed by atoms with Crippen molar-refractivity contribution in [3.63, 3.8) is 0 Å². The summed E-state index contributed by atoms with van der Waals surface area (Å²) in [5, 5.41) is 0. The standard InChI is InChI=1S/C25H44N2O2.ClH/c28-24-18-19-25(29)27(24)23-17-12-10-8-6-4-2-1-3-5-7-9-11-14-20-26-21-15-13-16-22-26;/h18-19H,1-17,20-23H2;1H. The van der Waals surface area contributed by atoms with Gasteiger partial charge in [-0.15, -0.1) is 12.4 Å². The molecule has 5 heteroatoms. The molecule has 0 atom stereocenters. The van der Waals surface area contributed by atoms with Crippen molar-refractivity contribution in [3.8, 4) is 0 Å². The Hall–Kier alpha value is -0.870. The van der Waals surface area contributed by atoms with Crippen molar-refractivity contribution in [2.75, 3.05) is 26.2 Å². The van der Waals surface area contributed by atoms with E-state index in [0.29, 0.717) is 6.54 Å². The number of carbonyl (C=O) groups is 2. The Balaban J connectivity index is 0.00000450. The van der Waals surface area contributed by atoms with E-state index in [2.05, 4.69) is 4.90 Å². The number of imide groups is 1. The molecule has 0 saturated carbocycles. The highest BCUT2D eigenvalue weighted by molar-refractivity contribution is 6.12. The molecule has 0 aromatic carbocycles. The summed E-state index contributed by atoms with van der Waals surface area (Å²) in [7, 11) is 0. The Morgan fingerprint density at radius 2 is 0.900 bits per heavy atom. The lowest BCUT2D eigenvalue weighted by Gasteiger charge is -2.26. The van der Waals surface area contributed by atoms with Crippen LogP contribution in [0.4, 0.5) is 0 Å². The van der Waals surface area contributed by atoms with Crippen molar-refractivity contribution in [3.05, 3.63) is 12.2 Å². The summed E-state index contributed by atoms with van der Waals surface area (Å²) in [5.41, 5.74) is 0. The lowest BCUT2D eigenvalue weighted by atomic mass is 10.0. The van der Waals surface area contributed by atoms with Gasteiger partial charge in [0.05, 0.1) is 0 Å². The fourth-order valence-electron chi connectivity index (χ4n) is 4.56. The molecule has 2 heterocycles. The van der Waals surface area contributed by atoms with Crippen LogP contribution in [0.1, 0.15) is 109 Å². The third kappa shape index (κ3) is 12.1. The van der Waals surface area contributed by atoms with Gasteiger partial charge in [-0.05, 0) is 45.3 Å². The summed E-state index contributed by atoms with van der Waals surface area (Å²) in [6.07, 6.45) is 25.6. The second kappa shape index (κ2) is 17.8. The Kier molecular flexibility index (Phi) is 16.1. The molecule has 0 unspecified atom stereocenters. The number of hydrogen-bond acceptors (Lipinski definition) is 3. The van der Waals surface area contributed by atoms with Crippen LogP contribution in [0.5, 0.6) is 0 Å². The van der Waals surface area contributed by atoms with E-state index in [-0.39, 0.29) is 24.2 Å². The monoisotopic (exact) mass is 440 g/mol. The molecule has 30 heavy (non-hydrogen) atoms. The summed E-state index contributed by atoms with van der Waals surface area (Å²) in [5.74, 6) is -0.292. The highest BCUT2D eigenvalue weighted by atomic mass is 35.5. The molecule has 0 bridgehead atoms. The Bertz CT molecular complexity index is 472. The van der Waals surface area contributed by atoms with Gasteiger partial charge in [0.25, 0.3) is 11.8 Å². The fourth-order valence-corrected chi connectivity index (χ4v) is 4.56. The molecule has 174 valence electrons. The van der Waals surface area contributed by atoms with Crippen molar-refractivity contribution in [1.29, 1.82) is 0 Å². The topological polar surface area (TPSA) is 40.6 Å². The smallest absolute Gasteiger partial charge is 0.253 e. The SMILES string of the molecule is Cl.O=C1C=CC(=O)N1CCCCCCCCCCCCCCCCN1CCCCC1. The van der Waals surface area contributed by atoms with E-state index >= 15 is 0 Å². The van der Waals surface area contributed by atoms with Crippen molar-refractivity contribution >= 4 is 24.2 Å². The number of carbonyl (C=O) groups excluding carboxylic acids is 2. The quantitative estimate of drug-likeness (QED) is 0.197. The third-order valence-electron chi connectivity index (χ3n) is 6.46. The number of hydrogen-bond donors (Lipinski definition) is 0. The minimum Gasteiger partial charge on any atom is -0.303 e. The zero-order valence-corrected chi connectivity index (χ0v) is 19.9. The summed E-state index contributed by atoms with van der Waals surface area (Å²) in [4.78, 5) is 26.9. The number of amides is 2. The number of rotatable bonds is 17. The molecule has 2 rings (SSSR count). The van der Waals surface area contributed by atoms with Crippen LogP contribution >= 0.6 is 12.4 Å². The first-order valence-electron chi connectivity index (χ1n) is 12.5. The Morgan fingerprint density at radius 1 is 0.533 bits per heavy atom. The van der Waals surface area contributed by atoms with E-state index in [9.17, 15) is 9.59 Å². The minimum atomic E-state index is -0.146. The maximum Gasteiger partial charge on any atom is 0.253 e. The average molecular weight is 441 g/mol. The molecular formula is C25H45ClN2O2. The van der Waals surface area contributed by atoms with Gasteiger partial charge in [0.1, 0.15) is 0 Å². The normalized spacial score (nSPS) is 17.0. The van der Waals surface area contributed by atoms with E-state index in [0.717, 1.165) is 12.8 Å². The number of halogens is 1. The van der Waals surface area contributed by atoms with Crippen LogP contribution in [0.15, 0.2) is 12.2 Å². The predicted octanol–water partition coefficient (Wildman–Crippen LogP) is 6.28. The molecule has 0 aliphatic carbocycles. The van der Waals surface area contributed by atoms with Crippen LogP contribution in [-0.2, 0) is 9.59 Å². The second-order valence-corrected chi connectivity index (χ2v) is 9.01. The van der Waals surface area contributed by atoms with Gasteiger partial charge in [-0.2, -0.15) is 0 Å². The molecule has 0 aromatic rings. The Morgan fingerprint density at radius 3 is 1.33 bits per heavy atom. The van der Waals surface area contributed by atoms with Crippen LogP contribution < -0.4 is 0 Å². The highest BCUT2D eigenvalue weighted by Gasteiger charge is 2.22. The van der Waals surface area contributed by atoms with Gasteiger partial charge in [0, 0.05) is 18.7 Å². The van der Waals surface area contributed by atoms with Gasteiger partial charge in [-0.3, -0.25) is 14.5 Å². The van der Waals surface area contributed by atoms with Crippen LogP contribution in [0.2, 0.25) is 0 Å². The van der Waals surface area contributed by atoms with Gasteiger partial charge < -0.3 is 4.90 Å². The minimum absolute atomic E-state index is 0. The summed E-state index contributed by atoms with van der Waals surface area (Å²) in [6.45, 7) is 4.62. The van der Waals surface area contributed by atoms with Crippen molar-refractivity contribution < 1.29 is 9.59 Å². The number of nitrogens with zero attached hydrogens (tertiary/aromatic N) is 2. The molecule has 0 N–H and O–H groups in total. The maximum atomic E-state index is 11.4. The number of unbranched alkanes of at least 4 members (excludes halogenated alkanes) is 13. The first kappa shape index (κ1) is 27.2. The Labute approximate surface area is 191 Å². The highest BCUT2D eigenvalue weighted by Crippen LogP contribution is 2.14. The van der Waals surface area contributed by atoms with Gasteiger partial charge in [0.2, 0.25) is 0 Å². The largest absolute Gasteiger partial charge is 0.303 e. The molecule has 1 fully saturated rings.